The lowest BCUT2D eigenvalue weighted by atomic mass is 10.1. The zero-order chi connectivity index (χ0) is 17.0. The van der Waals surface area contributed by atoms with Crippen LogP contribution in [-0.2, 0) is 14.3 Å². The van der Waals surface area contributed by atoms with Crippen LogP contribution >= 0.6 is 0 Å². The van der Waals surface area contributed by atoms with Crippen molar-refractivity contribution in [2.45, 2.75) is 77.9 Å². The molecule has 6 heteroatoms. The van der Waals surface area contributed by atoms with Gasteiger partial charge in [0.1, 0.15) is 11.6 Å². The van der Waals surface area contributed by atoms with E-state index in [-0.39, 0.29) is 5.97 Å². The lowest BCUT2D eigenvalue weighted by Gasteiger charge is -2.19. The summed E-state index contributed by atoms with van der Waals surface area (Å²) >= 11 is 0. The van der Waals surface area contributed by atoms with Gasteiger partial charge in [0, 0.05) is 6.54 Å². The van der Waals surface area contributed by atoms with Crippen LogP contribution in [0.5, 0.6) is 0 Å². The third kappa shape index (κ3) is 12.4. The number of hydrogen-bond donors (Lipinski definition) is 2. The molecular formula is C16H32N2O4. The lowest BCUT2D eigenvalue weighted by Crippen LogP contribution is -2.34. The first-order valence-electron chi connectivity index (χ1n) is 8.15. The van der Waals surface area contributed by atoms with Gasteiger partial charge in [-0.1, -0.05) is 19.8 Å². The molecule has 0 aliphatic carbocycles. The smallest absolute Gasteiger partial charge is 0.407 e. The van der Waals surface area contributed by atoms with Gasteiger partial charge in [0.25, 0.3) is 0 Å². The molecule has 0 bridgehead atoms. The van der Waals surface area contributed by atoms with Crippen molar-refractivity contribution < 1.29 is 19.1 Å². The van der Waals surface area contributed by atoms with Crippen LogP contribution in [0.25, 0.3) is 0 Å². The van der Waals surface area contributed by atoms with Crippen LogP contribution in [0.3, 0.4) is 0 Å². The Morgan fingerprint density at radius 3 is 2.41 bits per heavy atom. The molecule has 0 aromatic carbocycles. The molecule has 0 aromatic heterocycles. The molecule has 1 amide bonds. The van der Waals surface area contributed by atoms with Gasteiger partial charge in [0.2, 0.25) is 0 Å². The average Bonchev–Trinajstić information content (AvgIpc) is 2.40. The molecule has 130 valence electrons. The Morgan fingerprint density at radius 2 is 1.82 bits per heavy atom. The van der Waals surface area contributed by atoms with Crippen LogP contribution < -0.4 is 11.1 Å². The van der Waals surface area contributed by atoms with Crippen molar-refractivity contribution in [3.8, 4) is 0 Å². The Hall–Kier alpha value is -1.30. The van der Waals surface area contributed by atoms with E-state index >= 15 is 0 Å². The summed E-state index contributed by atoms with van der Waals surface area (Å²) in [4.78, 5) is 23.0. The molecule has 0 rings (SSSR count). The summed E-state index contributed by atoms with van der Waals surface area (Å²) in [5.41, 5.74) is 5.28. The van der Waals surface area contributed by atoms with E-state index in [2.05, 4.69) is 12.2 Å². The maximum Gasteiger partial charge on any atom is 0.407 e. The normalized spacial score (nSPS) is 12.6. The molecule has 0 radical (unpaired) electrons. The zero-order valence-corrected chi connectivity index (χ0v) is 14.4. The molecule has 0 spiro atoms. The standard InChI is InChI=1S/C16H32N2O4/c1-5-6-9-12-21-14(19)13(17)10-7-8-11-18-15(20)22-16(2,3)4/h13H,5-12,17H2,1-4H3,(H,18,20). The van der Waals surface area contributed by atoms with Gasteiger partial charge >= 0.3 is 12.1 Å². The molecule has 0 aromatic rings. The highest BCUT2D eigenvalue weighted by Gasteiger charge is 2.16. The quantitative estimate of drug-likeness (QED) is 0.478. The number of alkyl carbamates (subject to hydrolysis) is 1. The molecule has 0 fully saturated rings. The van der Waals surface area contributed by atoms with Crippen molar-refractivity contribution >= 4 is 12.1 Å². The largest absolute Gasteiger partial charge is 0.465 e. The molecule has 0 saturated carbocycles. The van der Waals surface area contributed by atoms with Crippen LogP contribution in [-0.4, -0.2) is 36.9 Å². The minimum Gasteiger partial charge on any atom is -0.465 e. The fourth-order valence-electron chi connectivity index (χ4n) is 1.74. The summed E-state index contributed by atoms with van der Waals surface area (Å²) in [6.45, 7) is 8.50. The molecule has 0 aliphatic heterocycles. The van der Waals surface area contributed by atoms with Gasteiger partial charge in [-0.15, -0.1) is 0 Å². The number of nitrogens with two attached hydrogens (primary N) is 1. The summed E-state index contributed by atoms with van der Waals surface area (Å²) in [6, 6.07) is -0.580. The van der Waals surface area contributed by atoms with Crippen LogP contribution in [0.2, 0.25) is 0 Å². The highest BCUT2D eigenvalue weighted by atomic mass is 16.6. The van der Waals surface area contributed by atoms with E-state index in [1.165, 1.54) is 0 Å². The second-order valence-corrected chi connectivity index (χ2v) is 6.41. The number of hydrogen-bond acceptors (Lipinski definition) is 5. The van der Waals surface area contributed by atoms with E-state index in [0.29, 0.717) is 19.6 Å². The second-order valence-electron chi connectivity index (χ2n) is 6.41. The molecule has 6 nitrogen and oxygen atoms in total. The number of esters is 1. The number of rotatable bonds is 10. The van der Waals surface area contributed by atoms with E-state index in [1.54, 1.807) is 0 Å². The minimum atomic E-state index is -0.580. The molecule has 22 heavy (non-hydrogen) atoms. The van der Waals surface area contributed by atoms with Crippen molar-refractivity contribution in [1.82, 2.24) is 5.32 Å². The van der Waals surface area contributed by atoms with Crippen LogP contribution in [0, 0.1) is 0 Å². The average molecular weight is 316 g/mol. The summed E-state index contributed by atoms with van der Waals surface area (Å²) < 4.78 is 10.2. The van der Waals surface area contributed by atoms with Crippen molar-refractivity contribution in [3.63, 3.8) is 0 Å². The van der Waals surface area contributed by atoms with Crippen molar-refractivity contribution in [2.24, 2.45) is 5.73 Å². The number of amides is 1. The van der Waals surface area contributed by atoms with Gasteiger partial charge in [-0.25, -0.2) is 4.79 Å². The van der Waals surface area contributed by atoms with Gasteiger partial charge in [0.15, 0.2) is 0 Å². The van der Waals surface area contributed by atoms with Crippen LogP contribution in [0.15, 0.2) is 0 Å². The maximum absolute atomic E-state index is 11.6. The van der Waals surface area contributed by atoms with Crippen molar-refractivity contribution in [1.29, 1.82) is 0 Å². The molecule has 3 N–H and O–H groups in total. The third-order valence-electron chi connectivity index (χ3n) is 2.91. The minimum absolute atomic E-state index is 0.337. The molecule has 0 saturated heterocycles. The Bertz CT molecular complexity index is 327. The zero-order valence-electron chi connectivity index (χ0n) is 14.4. The summed E-state index contributed by atoms with van der Waals surface area (Å²) in [7, 11) is 0. The first kappa shape index (κ1) is 20.7. The summed E-state index contributed by atoms with van der Waals surface area (Å²) in [5, 5.41) is 2.67. The molecule has 0 aliphatic rings. The number of unbranched alkanes of at least 4 members (excludes halogenated alkanes) is 3. The predicted molar refractivity (Wildman–Crippen MR) is 86.5 cm³/mol. The number of ether oxygens (including phenoxy) is 2. The highest BCUT2D eigenvalue weighted by Crippen LogP contribution is 2.06. The van der Waals surface area contributed by atoms with E-state index in [0.717, 1.165) is 32.1 Å². The van der Waals surface area contributed by atoms with Crippen molar-refractivity contribution in [3.05, 3.63) is 0 Å². The molecule has 1 unspecified atom stereocenters. The van der Waals surface area contributed by atoms with E-state index in [4.69, 9.17) is 15.2 Å². The summed E-state index contributed by atoms with van der Waals surface area (Å²) in [6.07, 6.45) is 4.66. The van der Waals surface area contributed by atoms with Crippen LogP contribution in [0.4, 0.5) is 4.79 Å². The Labute approximate surface area is 134 Å². The third-order valence-corrected chi connectivity index (χ3v) is 2.91. The van der Waals surface area contributed by atoms with Gasteiger partial charge < -0.3 is 20.5 Å². The van der Waals surface area contributed by atoms with Crippen LogP contribution in [0.1, 0.15) is 66.2 Å². The molecule has 0 heterocycles. The number of carbonyl (C=O) groups is 2. The topological polar surface area (TPSA) is 90.6 Å². The van der Waals surface area contributed by atoms with Gasteiger partial charge in [-0.2, -0.15) is 0 Å². The monoisotopic (exact) mass is 316 g/mol. The molecule has 1 atom stereocenters. The molecular weight excluding hydrogens is 284 g/mol. The SMILES string of the molecule is CCCCCOC(=O)C(N)CCCCNC(=O)OC(C)(C)C. The van der Waals surface area contributed by atoms with Crippen molar-refractivity contribution in [2.75, 3.05) is 13.2 Å². The number of carbonyl (C=O) groups excluding carboxylic acids is 2. The van der Waals surface area contributed by atoms with Gasteiger partial charge in [-0.3, -0.25) is 4.79 Å². The first-order chi connectivity index (χ1) is 10.3. The Kier molecular flexibility index (Phi) is 10.6. The second kappa shape index (κ2) is 11.3. The van der Waals surface area contributed by atoms with E-state index in [9.17, 15) is 9.59 Å². The fourth-order valence-corrected chi connectivity index (χ4v) is 1.74. The first-order valence-corrected chi connectivity index (χ1v) is 8.15. The van der Waals surface area contributed by atoms with E-state index in [1.807, 2.05) is 20.8 Å². The van der Waals surface area contributed by atoms with Gasteiger partial charge in [-0.05, 0) is 46.5 Å². The fraction of sp³-hybridized carbons (Fsp3) is 0.875. The Balaban J connectivity index is 3.61. The summed E-state index contributed by atoms with van der Waals surface area (Å²) in [5.74, 6) is -0.337. The van der Waals surface area contributed by atoms with E-state index < -0.39 is 17.7 Å². The highest BCUT2D eigenvalue weighted by molar-refractivity contribution is 5.75. The van der Waals surface area contributed by atoms with Gasteiger partial charge in [0.05, 0.1) is 6.61 Å². The lowest BCUT2D eigenvalue weighted by molar-refractivity contribution is -0.145. The maximum atomic E-state index is 11.6. The number of nitrogens with one attached hydrogen (secondary N) is 1. The Morgan fingerprint density at radius 1 is 1.14 bits per heavy atom. The predicted octanol–water partition coefficient (Wildman–Crippen LogP) is 2.74.